The minimum absolute atomic E-state index is 0.0784. The number of nitrogen functional groups attached to an aromatic ring is 1. The summed E-state index contributed by atoms with van der Waals surface area (Å²) in [5.41, 5.74) is 7.60. The lowest BCUT2D eigenvalue weighted by Gasteiger charge is -2.11. The Morgan fingerprint density at radius 2 is 1.62 bits per heavy atom. The molecule has 3 rings (SSSR count). The van der Waals surface area contributed by atoms with Gasteiger partial charge in [-0.05, 0) is 11.6 Å². The van der Waals surface area contributed by atoms with Crippen LogP contribution < -0.4 is 10.5 Å². The van der Waals surface area contributed by atoms with E-state index in [0.29, 0.717) is 11.6 Å². The second kappa shape index (κ2) is 5.81. The lowest BCUT2D eigenvalue weighted by atomic mass is 10.1. The number of aromatic nitrogens is 2. The maximum Gasteiger partial charge on any atom is 0.225 e. The topological polar surface area (TPSA) is 61.0 Å². The number of hydrogen-bond acceptors (Lipinski definition) is 4. The van der Waals surface area contributed by atoms with Crippen molar-refractivity contribution in [2.75, 3.05) is 5.73 Å². The Bertz CT molecular complexity index is 742. The third kappa shape index (κ3) is 3.12. The molecule has 0 radical (unpaired) electrons. The van der Waals surface area contributed by atoms with E-state index >= 15 is 0 Å². The molecular formula is C16H12ClN3O. The monoisotopic (exact) mass is 297 g/mol. The summed E-state index contributed by atoms with van der Waals surface area (Å²) in [5.74, 6) is 1.07. The van der Waals surface area contributed by atoms with E-state index in [1.54, 1.807) is 0 Å². The van der Waals surface area contributed by atoms with Crippen molar-refractivity contribution in [1.29, 1.82) is 0 Å². The fraction of sp³-hybridized carbons (Fsp3) is 0. The molecule has 0 unspecified atom stereocenters. The van der Waals surface area contributed by atoms with Crippen LogP contribution in [0.1, 0.15) is 0 Å². The predicted molar refractivity (Wildman–Crippen MR) is 83.4 cm³/mol. The van der Waals surface area contributed by atoms with E-state index < -0.39 is 0 Å². The van der Waals surface area contributed by atoms with E-state index in [0.717, 1.165) is 11.1 Å². The molecule has 0 spiro atoms. The van der Waals surface area contributed by atoms with Gasteiger partial charge < -0.3 is 10.5 Å². The summed E-state index contributed by atoms with van der Waals surface area (Å²) in [7, 11) is 0. The summed E-state index contributed by atoms with van der Waals surface area (Å²) in [4.78, 5) is 7.83. The predicted octanol–water partition coefficient (Wildman–Crippen LogP) is 4.17. The van der Waals surface area contributed by atoms with Crippen molar-refractivity contribution in [2.24, 2.45) is 0 Å². The fourth-order valence-corrected chi connectivity index (χ4v) is 2.17. The molecule has 4 nitrogen and oxygen atoms in total. The van der Waals surface area contributed by atoms with Crippen LogP contribution in [0.25, 0.3) is 11.1 Å². The lowest BCUT2D eigenvalue weighted by molar-refractivity contribution is 0.464. The van der Waals surface area contributed by atoms with Crippen molar-refractivity contribution in [3.05, 3.63) is 65.8 Å². The van der Waals surface area contributed by atoms with Crippen molar-refractivity contribution in [3.63, 3.8) is 0 Å². The van der Waals surface area contributed by atoms with Gasteiger partial charge in [-0.15, -0.1) is 0 Å². The van der Waals surface area contributed by atoms with Crippen LogP contribution in [0.2, 0.25) is 5.15 Å². The van der Waals surface area contributed by atoms with E-state index in [1.165, 1.54) is 6.07 Å². The molecule has 0 amide bonds. The molecule has 1 heterocycles. The molecular weight excluding hydrogens is 286 g/mol. The van der Waals surface area contributed by atoms with Crippen LogP contribution in [-0.4, -0.2) is 9.97 Å². The molecule has 0 saturated heterocycles. The third-order valence-electron chi connectivity index (χ3n) is 2.88. The normalized spacial score (nSPS) is 10.3. The maximum absolute atomic E-state index is 5.86. The lowest BCUT2D eigenvalue weighted by Crippen LogP contribution is -1.97. The second-order valence-corrected chi connectivity index (χ2v) is 4.74. The molecule has 3 aromatic rings. The molecule has 0 saturated carbocycles. The first-order chi connectivity index (χ1) is 10.2. The van der Waals surface area contributed by atoms with Gasteiger partial charge in [-0.1, -0.05) is 60.1 Å². The first-order valence-corrected chi connectivity index (χ1v) is 6.72. The molecule has 5 heteroatoms. The van der Waals surface area contributed by atoms with Gasteiger partial charge in [0.1, 0.15) is 10.9 Å². The number of rotatable bonds is 3. The van der Waals surface area contributed by atoms with E-state index in [9.17, 15) is 0 Å². The van der Waals surface area contributed by atoms with Crippen LogP contribution in [0.4, 0.5) is 5.95 Å². The van der Waals surface area contributed by atoms with Gasteiger partial charge in [0.05, 0.1) is 0 Å². The first kappa shape index (κ1) is 13.4. The quantitative estimate of drug-likeness (QED) is 0.737. The van der Waals surface area contributed by atoms with E-state index in [2.05, 4.69) is 9.97 Å². The molecule has 2 aromatic carbocycles. The summed E-state index contributed by atoms with van der Waals surface area (Å²) in [6, 6.07) is 19.2. The molecule has 0 aliphatic carbocycles. The average Bonchev–Trinajstić information content (AvgIpc) is 2.48. The molecule has 1 aromatic heterocycles. The number of halogens is 1. The van der Waals surface area contributed by atoms with Crippen molar-refractivity contribution in [1.82, 2.24) is 9.97 Å². The number of para-hydroxylation sites is 1. The molecule has 21 heavy (non-hydrogen) atoms. The number of benzene rings is 2. The van der Waals surface area contributed by atoms with Gasteiger partial charge in [-0.3, -0.25) is 0 Å². The van der Waals surface area contributed by atoms with Gasteiger partial charge in [-0.25, -0.2) is 4.98 Å². The Morgan fingerprint density at radius 1 is 0.905 bits per heavy atom. The Labute approximate surface area is 127 Å². The summed E-state index contributed by atoms with van der Waals surface area (Å²) < 4.78 is 5.81. The third-order valence-corrected chi connectivity index (χ3v) is 3.07. The Hall–Kier alpha value is -2.59. The molecule has 0 fully saturated rings. The summed E-state index contributed by atoms with van der Waals surface area (Å²) in [6.45, 7) is 0. The van der Waals surface area contributed by atoms with Crippen LogP contribution in [0.3, 0.4) is 0 Å². The van der Waals surface area contributed by atoms with Gasteiger partial charge in [0.25, 0.3) is 0 Å². The number of nitrogens with zero attached hydrogens (tertiary/aromatic N) is 2. The van der Waals surface area contributed by atoms with Gasteiger partial charge in [-0.2, -0.15) is 4.98 Å². The number of nitrogens with two attached hydrogens (primary N) is 1. The summed E-state index contributed by atoms with van der Waals surface area (Å²) >= 11 is 5.86. The molecule has 0 atom stereocenters. The molecule has 2 N–H and O–H groups in total. The standard InChI is InChI=1S/C16H12ClN3O/c17-14-10-15(20-16(18)19-14)21-13-9-5-4-8-12(13)11-6-2-1-3-7-11/h1-10H,(H2,18,19,20). The van der Waals surface area contributed by atoms with Gasteiger partial charge in [0.15, 0.2) is 0 Å². The minimum atomic E-state index is 0.0784. The van der Waals surface area contributed by atoms with Crippen molar-refractivity contribution in [2.45, 2.75) is 0 Å². The number of ether oxygens (including phenoxy) is 1. The Kier molecular flexibility index (Phi) is 3.71. The highest BCUT2D eigenvalue weighted by Gasteiger charge is 2.08. The smallest absolute Gasteiger partial charge is 0.225 e. The number of hydrogen-bond donors (Lipinski definition) is 1. The van der Waals surface area contributed by atoms with Crippen LogP contribution in [-0.2, 0) is 0 Å². The van der Waals surface area contributed by atoms with Crippen molar-refractivity contribution >= 4 is 17.5 Å². The van der Waals surface area contributed by atoms with Crippen molar-refractivity contribution in [3.8, 4) is 22.8 Å². The Morgan fingerprint density at radius 3 is 2.38 bits per heavy atom. The van der Waals surface area contributed by atoms with Crippen LogP contribution in [0.15, 0.2) is 60.7 Å². The minimum Gasteiger partial charge on any atom is -0.438 e. The van der Waals surface area contributed by atoms with E-state index in [1.807, 2.05) is 54.6 Å². The molecule has 0 aliphatic heterocycles. The second-order valence-electron chi connectivity index (χ2n) is 4.35. The fourth-order valence-electron chi connectivity index (χ4n) is 1.99. The maximum atomic E-state index is 5.86. The van der Waals surface area contributed by atoms with Gasteiger partial charge in [0.2, 0.25) is 11.8 Å². The SMILES string of the molecule is Nc1nc(Cl)cc(Oc2ccccc2-c2ccccc2)n1. The largest absolute Gasteiger partial charge is 0.438 e. The summed E-state index contributed by atoms with van der Waals surface area (Å²) in [5, 5.41) is 0.245. The van der Waals surface area contributed by atoms with Gasteiger partial charge in [0, 0.05) is 11.6 Å². The van der Waals surface area contributed by atoms with E-state index in [4.69, 9.17) is 22.1 Å². The van der Waals surface area contributed by atoms with Gasteiger partial charge >= 0.3 is 0 Å². The highest BCUT2D eigenvalue weighted by Crippen LogP contribution is 2.32. The van der Waals surface area contributed by atoms with E-state index in [-0.39, 0.29) is 11.1 Å². The average molecular weight is 298 g/mol. The zero-order valence-corrected chi connectivity index (χ0v) is 11.8. The highest BCUT2D eigenvalue weighted by molar-refractivity contribution is 6.29. The zero-order valence-electron chi connectivity index (χ0n) is 11.0. The molecule has 104 valence electrons. The number of anilines is 1. The molecule has 0 aliphatic rings. The Balaban J connectivity index is 2.00. The molecule has 0 bridgehead atoms. The first-order valence-electron chi connectivity index (χ1n) is 6.35. The van der Waals surface area contributed by atoms with Crippen LogP contribution in [0.5, 0.6) is 11.6 Å². The van der Waals surface area contributed by atoms with Crippen LogP contribution >= 0.6 is 11.6 Å². The summed E-state index contributed by atoms with van der Waals surface area (Å²) in [6.07, 6.45) is 0. The van der Waals surface area contributed by atoms with Crippen LogP contribution in [0, 0.1) is 0 Å². The zero-order chi connectivity index (χ0) is 14.7. The van der Waals surface area contributed by atoms with Crippen molar-refractivity contribution < 1.29 is 4.74 Å². The highest BCUT2D eigenvalue weighted by atomic mass is 35.5.